The van der Waals surface area contributed by atoms with Crippen LogP contribution in [-0.4, -0.2) is 38.9 Å². The molecule has 0 spiro atoms. The number of rotatable bonds is 4. The van der Waals surface area contributed by atoms with Gasteiger partial charge in [0.05, 0.1) is 17.1 Å². The Balaban J connectivity index is 1.63. The number of carbonyl (C=O) groups is 1. The van der Waals surface area contributed by atoms with E-state index in [-0.39, 0.29) is 28.8 Å². The molecule has 8 nitrogen and oxygen atoms in total. The highest BCUT2D eigenvalue weighted by Crippen LogP contribution is 2.31. The van der Waals surface area contributed by atoms with Crippen LogP contribution in [0.25, 0.3) is 11.3 Å². The van der Waals surface area contributed by atoms with Crippen molar-refractivity contribution >= 4 is 30.0 Å². The quantitative estimate of drug-likeness (QED) is 0.291. The molecule has 0 saturated heterocycles. The number of sulfonamides is 1. The van der Waals surface area contributed by atoms with E-state index >= 15 is 0 Å². The van der Waals surface area contributed by atoms with Crippen LogP contribution in [-0.2, 0) is 16.1 Å². The Hall–Kier alpha value is -4.02. The Morgan fingerprint density at radius 2 is 1.61 bits per heavy atom. The van der Waals surface area contributed by atoms with E-state index in [9.17, 15) is 13.2 Å². The molecule has 10 heteroatoms. The molecule has 0 unspecified atom stereocenters. The molecule has 4 bridgehead atoms. The van der Waals surface area contributed by atoms with Crippen molar-refractivity contribution in [2.75, 3.05) is 11.3 Å². The highest BCUT2D eigenvalue weighted by Gasteiger charge is 2.24. The van der Waals surface area contributed by atoms with Crippen molar-refractivity contribution in [3.05, 3.63) is 101 Å². The average molecular weight is 587 g/mol. The Labute approximate surface area is 242 Å². The van der Waals surface area contributed by atoms with E-state index in [0.29, 0.717) is 5.69 Å². The van der Waals surface area contributed by atoms with Gasteiger partial charge in [-0.3, -0.25) is 4.79 Å². The number of aryl methyl sites for hydroxylation is 2. The maximum atomic E-state index is 13.3. The molecule has 1 aliphatic rings. The molecule has 1 atom stereocenters. The number of aromatic nitrogens is 2. The van der Waals surface area contributed by atoms with Gasteiger partial charge in [0.25, 0.3) is 15.9 Å². The zero-order valence-electron chi connectivity index (χ0n) is 23.9. The lowest BCUT2D eigenvalue weighted by Gasteiger charge is -2.21. The van der Waals surface area contributed by atoms with Crippen LogP contribution in [0.1, 0.15) is 38.7 Å². The Kier molecular flexibility index (Phi) is 7.72. The lowest BCUT2D eigenvalue weighted by Crippen LogP contribution is -2.31. The van der Waals surface area contributed by atoms with Crippen LogP contribution in [0.5, 0.6) is 5.88 Å². The van der Waals surface area contributed by atoms with Crippen LogP contribution < -0.4 is 14.8 Å². The van der Waals surface area contributed by atoms with Gasteiger partial charge in [-0.25, -0.2) is 18.1 Å². The molecule has 0 fully saturated rings. The molecule has 1 amide bonds. The minimum atomic E-state index is -4.09. The largest absolute Gasteiger partial charge is 0.467 e. The van der Waals surface area contributed by atoms with E-state index in [4.69, 9.17) is 4.74 Å². The number of benzene rings is 3. The van der Waals surface area contributed by atoms with Crippen LogP contribution in [0.15, 0.2) is 77.7 Å². The molecule has 3 aromatic carbocycles. The summed E-state index contributed by atoms with van der Waals surface area (Å²) in [6.07, 6.45) is -0.589. The van der Waals surface area contributed by atoms with E-state index in [1.54, 1.807) is 12.1 Å². The van der Waals surface area contributed by atoms with Gasteiger partial charge in [-0.15, -0.1) is 0 Å². The van der Waals surface area contributed by atoms with E-state index in [1.807, 2.05) is 44.2 Å². The number of nitrogens with one attached hydrogen (secondary N) is 2. The summed E-state index contributed by atoms with van der Waals surface area (Å²) in [4.78, 5) is 22.0. The minimum Gasteiger partial charge on any atom is -0.467 e. The predicted octanol–water partition coefficient (Wildman–Crippen LogP) is 5.84. The van der Waals surface area contributed by atoms with Gasteiger partial charge in [-0.2, -0.15) is 4.98 Å². The number of ether oxygens (including phenoxy) is 1. The Bertz CT molecular complexity index is 1700. The highest BCUT2D eigenvalue weighted by molar-refractivity contribution is 7.92. The third-order valence-electron chi connectivity index (χ3n) is 6.87. The molecule has 5 rings (SSSR count). The molecule has 0 saturated carbocycles. The van der Waals surface area contributed by atoms with Gasteiger partial charge in [-0.05, 0) is 54.8 Å². The van der Waals surface area contributed by atoms with Crippen LogP contribution in [0.2, 0.25) is 19.6 Å². The minimum absolute atomic E-state index is 0.0672. The molecule has 0 radical (unpaired) electrons. The van der Waals surface area contributed by atoms with E-state index < -0.39 is 30.1 Å². The average Bonchev–Trinajstić information content (AvgIpc) is 2.90. The van der Waals surface area contributed by atoms with Crippen molar-refractivity contribution < 1.29 is 17.9 Å². The second-order valence-electron chi connectivity index (χ2n) is 11.6. The number of anilines is 1. The van der Waals surface area contributed by atoms with Gasteiger partial charge in [0.2, 0.25) is 11.8 Å². The second kappa shape index (κ2) is 11.1. The molecule has 0 aliphatic carbocycles. The predicted molar refractivity (Wildman–Crippen MR) is 163 cm³/mol. The highest BCUT2D eigenvalue weighted by atomic mass is 32.2. The van der Waals surface area contributed by atoms with Crippen molar-refractivity contribution in [3.63, 3.8) is 0 Å². The second-order valence-corrected chi connectivity index (χ2v) is 18.8. The smallest absolute Gasteiger partial charge is 0.264 e. The summed E-state index contributed by atoms with van der Waals surface area (Å²) in [6.45, 7) is 11.1. The van der Waals surface area contributed by atoms with E-state index in [1.165, 1.54) is 23.8 Å². The first kappa shape index (κ1) is 28.5. The van der Waals surface area contributed by atoms with Crippen molar-refractivity contribution in [3.8, 4) is 17.1 Å². The molecule has 2 heterocycles. The zero-order valence-corrected chi connectivity index (χ0v) is 25.7. The number of hydrogen-bond acceptors (Lipinski definition) is 6. The number of amides is 1. The summed E-state index contributed by atoms with van der Waals surface area (Å²) in [5.41, 5.74) is 5.70. The zero-order chi connectivity index (χ0) is 29.4. The van der Waals surface area contributed by atoms with E-state index in [2.05, 4.69) is 51.8 Å². The SMILES string of the molecule is Cc1cccc(C)c1-c1cc2nc(n1)NS(=O)(=O)c1cccc(c1)C(=O)NC[C@@H](c1ccc(C[Si](C)(C)C)cc1)O2. The molecule has 4 aromatic rings. The first-order valence-electron chi connectivity index (χ1n) is 13.5. The van der Waals surface area contributed by atoms with Gasteiger partial charge in [0.15, 0.2) is 0 Å². The molecular formula is C31H34N4O4SSi. The fourth-order valence-corrected chi connectivity index (χ4v) is 7.43. The fourth-order valence-electron chi connectivity index (χ4n) is 4.98. The van der Waals surface area contributed by atoms with Gasteiger partial charge in [0, 0.05) is 25.3 Å². The molecule has 1 aromatic heterocycles. The first-order valence-corrected chi connectivity index (χ1v) is 18.7. The van der Waals surface area contributed by atoms with Gasteiger partial charge >= 0.3 is 0 Å². The van der Waals surface area contributed by atoms with Crippen molar-refractivity contribution in [1.29, 1.82) is 0 Å². The lowest BCUT2D eigenvalue weighted by atomic mass is 10.00. The summed E-state index contributed by atoms with van der Waals surface area (Å²) >= 11 is 0. The van der Waals surface area contributed by atoms with Crippen LogP contribution >= 0.6 is 0 Å². The number of hydrogen-bond donors (Lipinski definition) is 2. The van der Waals surface area contributed by atoms with Crippen molar-refractivity contribution in [2.45, 2.75) is 50.5 Å². The monoisotopic (exact) mass is 586 g/mol. The summed E-state index contributed by atoms with van der Waals surface area (Å²) in [6, 6.07) is 22.8. The Morgan fingerprint density at radius 1 is 0.927 bits per heavy atom. The van der Waals surface area contributed by atoms with Gasteiger partial charge in [-0.1, -0.05) is 73.7 Å². The lowest BCUT2D eigenvalue weighted by molar-refractivity contribution is 0.0925. The summed E-state index contributed by atoms with van der Waals surface area (Å²) < 4.78 is 35.6. The number of fused-ring (bicyclic) bond motifs is 4. The van der Waals surface area contributed by atoms with Crippen LogP contribution in [0.3, 0.4) is 0 Å². The first-order chi connectivity index (χ1) is 19.4. The standard InChI is InChI=1S/C31H34N4O4SSi/c1-20-8-6-9-21(2)29(20)26-17-28-34-31(33-26)35-40(37,38)25-11-7-10-24(16-25)30(36)32-18-27(39-28)23-14-12-22(13-15-23)19-41(3,4)5/h6-17,27H,18-19H2,1-5H3,(H,32,36)(H,33,34,35)/t27-/m0/s1. The summed E-state index contributed by atoms with van der Waals surface area (Å²) in [7, 11) is -5.39. The van der Waals surface area contributed by atoms with Gasteiger partial charge < -0.3 is 10.1 Å². The normalized spacial score (nSPS) is 16.7. The van der Waals surface area contributed by atoms with Gasteiger partial charge in [0.1, 0.15) is 6.10 Å². The maximum absolute atomic E-state index is 13.3. The number of carbonyl (C=O) groups excluding carboxylic acids is 1. The third-order valence-corrected chi connectivity index (χ3v) is 9.66. The molecule has 1 aliphatic heterocycles. The molecular weight excluding hydrogens is 553 g/mol. The topological polar surface area (TPSA) is 110 Å². The van der Waals surface area contributed by atoms with Crippen molar-refractivity contribution in [2.24, 2.45) is 0 Å². The molecule has 41 heavy (non-hydrogen) atoms. The third kappa shape index (κ3) is 6.66. The number of nitrogens with zero attached hydrogens (tertiary/aromatic N) is 2. The van der Waals surface area contributed by atoms with E-state index in [0.717, 1.165) is 28.3 Å². The molecule has 2 N–H and O–H groups in total. The molecule has 212 valence electrons. The van der Waals surface area contributed by atoms with Crippen molar-refractivity contribution in [1.82, 2.24) is 15.3 Å². The fraction of sp³-hybridized carbons (Fsp3) is 0.258. The van der Waals surface area contributed by atoms with Crippen LogP contribution in [0.4, 0.5) is 5.95 Å². The Morgan fingerprint density at radius 3 is 2.29 bits per heavy atom. The maximum Gasteiger partial charge on any atom is 0.264 e. The summed E-state index contributed by atoms with van der Waals surface area (Å²) in [5, 5.41) is 2.92. The summed E-state index contributed by atoms with van der Waals surface area (Å²) in [5.74, 6) is -0.334. The van der Waals surface area contributed by atoms with Crippen LogP contribution in [0, 0.1) is 13.8 Å².